The lowest BCUT2D eigenvalue weighted by molar-refractivity contribution is -0.139. The van der Waals surface area contributed by atoms with Gasteiger partial charge in [-0.1, -0.05) is 60.2 Å². The molecule has 2 heterocycles. The van der Waals surface area contributed by atoms with Crippen LogP contribution in [0.4, 0.5) is 4.79 Å². The number of carbonyl (C=O) groups is 2. The van der Waals surface area contributed by atoms with Gasteiger partial charge >= 0.3 is 6.03 Å². The van der Waals surface area contributed by atoms with Crippen molar-refractivity contribution in [1.29, 1.82) is 0 Å². The summed E-state index contributed by atoms with van der Waals surface area (Å²) in [6.07, 6.45) is 2.29. The molecule has 3 unspecified atom stereocenters. The van der Waals surface area contributed by atoms with E-state index in [9.17, 15) is 14.7 Å². The minimum absolute atomic E-state index is 0.0624. The molecule has 2 saturated heterocycles. The van der Waals surface area contributed by atoms with Gasteiger partial charge in [0.15, 0.2) is 0 Å². The molecule has 2 aromatic carbocycles. The van der Waals surface area contributed by atoms with E-state index in [0.717, 1.165) is 30.4 Å². The van der Waals surface area contributed by atoms with Gasteiger partial charge < -0.3 is 25.0 Å². The molecule has 3 amide bonds. The van der Waals surface area contributed by atoms with Gasteiger partial charge in [0.05, 0.1) is 25.4 Å². The summed E-state index contributed by atoms with van der Waals surface area (Å²) in [5.41, 5.74) is 3.25. The second kappa shape index (κ2) is 11.5. The Balaban J connectivity index is 1.30. The number of carbonyl (C=O) groups excluding carboxylic acids is 2. The highest BCUT2D eigenvalue weighted by atomic mass is 16.5. The monoisotopic (exact) mass is 465 g/mol. The fourth-order valence-corrected chi connectivity index (χ4v) is 4.89. The fraction of sp³-hybridized carbons (Fsp3) is 0.481. The van der Waals surface area contributed by atoms with Crippen molar-refractivity contribution in [2.75, 3.05) is 19.7 Å². The number of nitrogens with one attached hydrogen (secondary N) is 1. The highest BCUT2D eigenvalue weighted by molar-refractivity contribution is 5.88. The molecule has 0 radical (unpaired) electrons. The van der Waals surface area contributed by atoms with Gasteiger partial charge in [0.1, 0.15) is 6.04 Å². The number of rotatable bonds is 8. The summed E-state index contributed by atoms with van der Waals surface area (Å²) in [5.74, 6) is -0.0624. The van der Waals surface area contributed by atoms with Gasteiger partial charge in [0, 0.05) is 19.6 Å². The van der Waals surface area contributed by atoms with E-state index < -0.39 is 12.1 Å². The average Bonchev–Trinajstić information content (AvgIpc) is 3.54. The zero-order valence-electron chi connectivity index (χ0n) is 19.9. The predicted octanol–water partition coefficient (Wildman–Crippen LogP) is 3.24. The van der Waals surface area contributed by atoms with Crippen molar-refractivity contribution in [3.05, 3.63) is 71.3 Å². The Bertz CT molecular complexity index is 950. The highest BCUT2D eigenvalue weighted by Crippen LogP contribution is 2.26. The Hall–Kier alpha value is -2.90. The van der Waals surface area contributed by atoms with Gasteiger partial charge in [-0.3, -0.25) is 4.79 Å². The number of aliphatic hydroxyl groups is 1. The fourth-order valence-electron chi connectivity index (χ4n) is 4.89. The van der Waals surface area contributed by atoms with Crippen molar-refractivity contribution >= 4 is 11.9 Å². The lowest BCUT2D eigenvalue weighted by Crippen LogP contribution is -2.54. The van der Waals surface area contributed by atoms with Crippen LogP contribution in [0.1, 0.15) is 42.4 Å². The van der Waals surface area contributed by atoms with Crippen LogP contribution >= 0.6 is 0 Å². The molecule has 34 heavy (non-hydrogen) atoms. The minimum atomic E-state index is -0.750. The molecule has 0 saturated carbocycles. The van der Waals surface area contributed by atoms with Crippen LogP contribution in [0.25, 0.3) is 0 Å². The molecule has 0 aliphatic carbocycles. The van der Waals surface area contributed by atoms with E-state index in [1.165, 1.54) is 5.56 Å². The maximum Gasteiger partial charge on any atom is 0.318 e. The summed E-state index contributed by atoms with van der Waals surface area (Å²) >= 11 is 0. The zero-order chi connectivity index (χ0) is 23.9. The summed E-state index contributed by atoms with van der Waals surface area (Å²) in [7, 11) is 0. The molecule has 4 rings (SSSR count). The molecule has 2 fully saturated rings. The molecule has 3 atom stereocenters. The number of benzene rings is 2. The van der Waals surface area contributed by atoms with E-state index in [2.05, 4.69) is 5.32 Å². The van der Waals surface area contributed by atoms with Crippen LogP contribution in [-0.4, -0.2) is 64.7 Å². The molecule has 7 nitrogen and oxygen atoms in total. The molecule has 2 N–H and O–H groups in total. The average molecular weight is 466 g/mol. The normalized spacial score (nSPS) is 21.0. The van der Waals surface area contributed by atoms with Gasteiger partial charge in [-0.15, -0.1) is 0 Å². The quantitative estimate of drug-likeness (QED) is 0.627. The largest absolute Gasteiger partial charge is 0.389 e. The summed E-state index contributed by atoms with van der Waals surface area (Å²) in [4.78, 5) is 29.7. The van der Waals surface area contributed by atoms with Crippen molar-refractivity contribution < 1.29 is 19.4 Å². The Morgan fingerprint density at radius 1 is 1.00 bits per heavy atom. The lowest BCUT2D eigenvalue weighted by atomic mass is 10.1. The molecule has 2 aliphatic heterocycles. The van der Waals surface area contributed by atoms with E-state index in [1.807, 2.05) is 61.5 Å². The number of aryl methyl sites for hydroxylation is 1. The molecular formula is C27H35N3O4. The van der Waals surface area contributed by atoms with Gasteiger partial charge in [-0.2, -0.15) is 0 Å². The third kappa shape index (κ3) is 5.96. The van der Waals surface area contributed by atoms with E-state index in [4.69, 9.17) is 4.74 Å². The van der Waals surface area contributed by atoms with Crippen molar-refractivity contribution in [1.82, 2.24) is 15.1 Å². The molecule has 2 aromatic rings. The standard InChI is InChI=1S/C27H35N3O4/c1-20-11-13-21(14-12-20)17-28-27(33)30-16-6-10-24(30)26(32)29-15-5-9-23(29)25(31)19-34-18-22-7-3-2-4-8-22/h2-4,7-8,11-14,23-25,31H,5-6,9-10,15-19H2,1H3,(H,28,33). The first-order chi connectivity index (χ1) is 16.5. The third-order valence-corrected chi connectivity index (χ3v) is 6.79. The minimum Gasteiger partial charge on any atom is -0.389 e. The SMILES string of the molecule is Cc1ccc(CNC(=O)N2CCCC2C(=O)N2CCCC2C(O)COCc2ccccc2)cc1. The Morgan fingerprint density at radius 3 is 2.47 bits per heavy atom. The summed E-state index contributed by atoms with van der Waals surface area (Å²) in [6, 6.07) is 16.9. The number of ether oxygens (including phenoxy) is 1. The summed E-state index contributed by atoms with van der Waals surface area (Å²) in [6.45, 7) is 4.23. The van der Waals surface area contributed by atoms with E-state index in [1.54, 1.807) is 9.80 Å². The van der Waals surface area contributed by atoms with E-state index in [0.29, 0.717) is 32.7 Å². The van der Waals surface area contributed by atoms with Crippen LogP contribution in [0.3, 0.4) is 0 Å². The van der Waals surface area contributed by atoms with Crippen LogP contribution in [0.5, 0.6) is 0 Å². The number of hydrogen-bond donors (Lipinski definition) is 2. The second-order valence-corrected chi connectivity index (χ2v) is 9.31. The topological polar surface area (TPSA) is 82.1 Å². The molecule has 2 aliphatic rings. The van der Waals surface area contributed by atoms with Gasteiger partial charge in [-0.25, -0.2) is 4.79 Å². The maximum absolute atomic E-state index is 13.4. The predicted molar refractivity (Wildman–Crippen MR) is 130 cm³/mol. The smallest absolute Gasteiger partial charge is 0.318 e. The van der Waals surface area contributed by atoms with E-state index >= 15 is 0 Å². The molecule has 182 valence electrons. The van der Waals surface area contributed by atoms with Gasteiger partial charge in [0.2, 0.25) is 5.91 Å². The molecule has 0 spiro atoms. The molecule has 0 aromatic heterocycles. The van der Waals surface area contributed by atoms with Crippen LogP contribution in [0, 0.1) is 6.92 Å². The zero-order valence-corrected chi connectivity index (χ0v) is 19.9. The first-order valence-corrected chi connectivity index (χ1v) is 12.2. The number of hydrogen-bond acceptors (Lipinski definition) is 4. The second-order valence-electron chi connectivity index (χ2n) is 9.31. The Labute approximate surface area is 201 Å². The number of likely N-dealkylation sites (tertiary alicyclic amines) is 2. The van der Waals surface area contributed by atoms with Gasteiger partial charge in [-0.05, 0) is 43.7 Å². The number of nitrogens with zero attached hydrogens (tertiary/aromatic N) is 2. The number of amides is 3. The molecule has 7 heteroatoms. The first-order valence-electron chi connectivity index (χ1n) is 12.2. The highest BCUT2D eigenvalue weighted by Gasteiger charge is 2.41. The third-order valence-electron chi connectivity index (χ3n) is 6.79. The van der Waals surface area contributed by atoms with E-state index in [-0.39, 0.29) is 24.6 Å². The van der Waals surface area contributed by atoms with Gasteiger partial charge in [0.25, 0.3) is 0 Å². The van der Waals surface area contributed by atoms with Crippen LogP contribution < -0.4 is 5.32 Å². The Kier molecular flexibility index (Phi) is 8.19. The van der Waals surface area contributed by atoms with Crippen LogP contribution in [0.2, 0.25) is 0 Å². The number of urea groups is 1. The Morgan fingerprint density at radius 2 is 1.71 bits per heavy atom. The van der Waals surface area contributed by atoms with Crippen molar-refractivity contribution in [2.24, 2.45) is 0 Å². The summed E-state index contributed by atoms with van der Waals surface area (Å²) < 4.78 is 5.73. The van der Waals surface area contributed by atoms with Crippen molar-refractivity contribution in [2.45, 2.75) is 63.9 Å². The molecular weight excluding hydrogens is 430 g/mol. The van der Waals surface area contributed by atoms with Crippen LogP contribution in [-0.2, 0) is 22.7 Å². The lowest BCUT2D eigenvalue weighted by Gasteiger charge is -2.33. The first kappa shape index (κ1) is 24.2. The maximum atomic E-state index is 13.4. The summed E-state index contributed by atoms with van der Waals surface area (Å²) in [5, 5.41) is 13.7. The van der Waals surface area contributed by atoms with Crippen LogP contribution in [0.15, 0.2) is 54.6 Å². The molecule has 0 bridgehead atoms. The van der Waals surface area contributed by atoms with Crippen molar-refractivity contribution in [3.8, 4) is 0 Å². The van der Waals surface area contributed by atoms with Crippen molar-refractivity contribution in [3.63, 3.8) is 0 Å². The number of aliphatic hydroxyl groups excluding tert-OH is 1.